The van der Waals surface area contributed by atoms with Crippen LogP contribution in [0.15, 0.2) is 46.9 Å². The molecule has 3 nitrogen and oxygen atoms in total. The van der Waals surface area contributed by atoms with E-state index in [0.29, 0.717) is 11.3 Å². The van der Waals surface area contributed by atoms with Crippen molar-refractivity contribution < 1.29 is 4.74 Å². The largest absolute Gasteiger partial charge is 0.456 e. The fourth-order valence-electron chi connectivity index (χ4n) is 1.48. The molecule has 0 heterocycles. The minimum Gasteiger partial charge on any atom is -0.456 e. The molecule has 0 aliphatic rings. The van der Waals surface area contributed by atoms with E-state index < -0.39 is 0 Å². The minimum atomic E-state index is 0.0394. The highest BCUT2D eigenvalue weighted by atomic mass is 79.9. The van der Waals surface area contributed by atoms with Gasteiger partial charge in [-0.1, -0.05) is 17.7 Å². The zero-order valence-corrected chi connectivity index (χ0v) is 11.5. The number of ether oxygens (including phenoxy) is 1. The molecule has 0 bridgehead atoms. The van der Waals surface area contributed by atoms with E-state index in [1.165, 1.54) is 5.56 Å². The highest BCUT2D eigenvalue weighted by molar-refractivity contribution is 9.10. The Kier molecular flexibility index (Phi) is 3.67. The summed E-state index contributed by atoms with van der Waals surface area (Å²) in [6.45, 7) is 2.03. The van der Waals surface area contributed by atoms with Crippen LogP contribution in [0.5, 0.6) is 11.5 Å². The van der Waals surface area contributed by atoms with Gasteiger partial charge < -0.3 is 10.5 Å². The van der Waals surface area contributed by atoms with Crippen molar-refractivity contribution in [1.82, 2.24) is 0 Å². The zero-order chi connectivity index (χ0) is 13.1. The summed E-state index contributed by atoms with van der Waals surface area (Å²) in [4.78, 5) is 0. The van der Waals surface area contributed by atoms with Crippen LogP contribution >= 0.6 is 15.9 Å². The topological polar surface area (TPSA) is 59.1 Å². The van der Waals surface area contributed by atoms with Crippen LogP contribution in [0.4, 0.5) is 0 Å². The molecule has 0 aliphatic heterocycles. The van der Waals surface area contributed by atoms with Gasteiger partial charge >= 0.3 is 0 Å². The molecule has 0 saturated carbocycles. The van der Waals surface area contributed by atoms with Gasteiger partial charge in [0.2, 0.25) is 0 Å². The SMILES string of the molecule is Cc1ccc(Oc2ccc(C(=N)N)cc2Br)cc1. The lowest BCUT2D eigenvalue weighted by Crippen LogP contribution is -2.10. The van der Waals surface area contributed by atoms with Crippen LogP contribution in [0, 0.1) is 12.3 Å². The molecule has 0 spiro atoms. The smallest absolute Gasteiger partial charge is 0.141 e. The molecule has 0 aliphatic carbocycles. The van der Waals surface area contributed by atoms with E-state index in [1.807, 2.05) is 31.2 Å². The first kappa shape index (κ1) is 12.6. The third-order valence-corrected chi connectivity index (χ3v) is 3.11. The summed E-state index contributed by atoms with van der Waals surface area (Å²) >= 11 is 3.41. The molecular formula is C14H13BrN2O. The van der Waals surface area contributed by atoms with Gasteiger partial charge in [0.1, 0.15) is 17.3 Å². The van der Waals surface area contributed by atoms with Gasteiger partial charge in [0.05, 0.1) is 4.47 Å². The maximum atomic E-state index is 7.36. The van der Waals surface area contributed by atoms with E-state index in [0.717, 1.165) is 10.2 Å². The van der Waals surface area contributed by atoms with Crippen molar-refractivity contribution in [1.29, 1.82) is 5.41 Å². The van der Waals surface area contributed by atoms with Gasteiger partial charge in [-0.2, -0.15) is 0 Å². The number of rotatable bonds is 3. The second kappa shape index (κ2) is 5.23. The fourth-order valence-corrected chi connectivity index (χ4v) is 1.94. The van der Waals surface area contributed by atoms with E-state index in [4.69, 9.17) is 15.9 Å². The van der Waals surface area contributed by atoms with E-state index >= 15 is 0 Å². The molecular weight excluding hydrogens is 292 g/mol. The second-order valence-electron chi connectivity index (χ2n) is 3.97. The summed E-state index contributed by atoms with van der Waals surface area (Å²) in [5.74, 6) is 1.51. The molecule has 2 aromatic carbocycles. The van der Waals surface area contributed by atoms with E-state index in [9.17, 15) is 0 Å². The molecule has 18 heavy (non-hydrogen) atoms. The standard InChI is InChI=1S/C14H13BrN2O/c1-9-2-5-11(6-3-9)18-13-7-4-10(14(16)17)8-12(13)15/h2-8H,1H3,(H3,16,17). The Bertz CT molecular complexity index is 579. The Morgan fingerprint density at radius 3 is 2.39 bits per heavy atom. The fraction of sp³-hybridized carbons (Fsp3) is 0.0714. The average molecular weight is 305 g/mol. The number of amidine groups is 1. The molecule has 0 unspecified atom stereocenters. The molecule has 4 heteroatoms. The normalized spacial score (nSPS) is 10.1. The molecule has 3 N–H and O–H groups in total. The summed E-state index contributed by atoms with van der Waals surface area (Å²) in [5.41, 5.74) is 7.28. The number of aryl methyl sites for hydroxylation is 1. The lowest BCUT2D eigenvalue weighted by atomic mass is 10.2. The van der Waals surface area contributed by atoms with Crippen molar-refractivity contribution in [3.05, 3.63) is 58.1 Å². The number of hydrogen-bond donors (Lipinski definition) is 2. The summed E-state index contributed by atoms with van der Waals surface area (Å²) in [7, 11) is 0. The predicted molar refractivity (Wildman–Crippen MR) is 76.4 cm³/mol. The number of nitrogens with one attached hydrogen (secondary N) is 1. The molecule has 2 rings (SSSR count). The molecule has 92 valence electrons. The minimum absolute atomic E-state index is 0.0394. The lowest BCUT2D eigenvalue weighted by molar-refractivity contribution is 0.479. The molecule has 0 aromatic heterocycles. The number of halogens is 1. The van der Waals surface area contributed by atoms with Crippen LogP contribution in [0.25, 0.3) is 0 Å². The number of nitrogen functional groups attached to an aromatic ring is 1. The first-order valence-corrected chi connectivity index (χ1v) is 6.24. The van der Waals surface area contributed by atoms with E-state index in [-0.39, 0.29) is 5.84 Å². The highest BCUT2D eigenvalue weighted by Gasteiger charge is 2.05. The van der Waals surface area contributed by atoms with Gasteiger partial charge in [0.25, 0.3) is 0 Å². The van der Waals surface area contributed by atoms with Crippen molar-refractivity contribution in [2.75, 3.05) is 0 Å². The van der Waals surface area contributed by atoms with Crippen molar-refractivity contribution in [2.45, 2.75) is 6.92 Å². The first-order valence-electron chi connectivity index (χ1n) is 5.45. The molecule has 0 atom stereocenters. The van der Waals surface area contributed by atoms with E-state index in [2.05, 4.69) is 15.9 Å². The Hall–Kier alpha value is -1.81. The van der Waals surface area contributed by atoms with Crippen LogP contribution < -0.4 is 10.5 Å². The Balaban J connectivity index is 2.24. The Labute approximate surface area is 114 Å². The summed E-state index contributed by atoms with van der Waals surface area (Å²) < 4.78 is 6.51. The third-order valence-electron chi connectivity index (χ3n) is 2.49. The predicted octanol–water partition coefficient (Wildman–Crippen LogP) is 3.83. The van der Waals surface area contributed by atoms with Crippen molar-refractivity contribution in [2.24, 2.45) is 5.73 Å². The van der Waals surface area contributed by atoms with Gasteiger partial charge in [-0.05, 0) is 53.2 Å². The van der Waals surface area contributed by atoms with E-state index in [1.54, 1.807) is 18.2 Å². The summed E-state index contributed by atoms with van der Waals surface area (Å²) in [5, 5.41) is 7.36. The van der Waals surface area contributed by atoms with Crippen molar-refractivity contribution >= 4 is 21.8 Å². The second-order valence-corrected chi connectivity index (χ2v) is 4.83. The molecule has 0 radical (unpaired) electrons. The van der Waals surface area contributed by atoms with Gasteiger partial charge in [0, 0.05) is 5.56 Å². The first-order chi connectivity index (χ1) is 8.56. The summed E-state index contributed by atoms with van der Waals surface area (Å²) in [6.07, 6.45) is 0. The maximum absolute atomic E-state index is 7.36. The Morgan fingerprint density at radius 1 is 1.17 bits per heavy atom. The van der Waals surface area contributed by atoms with Crippen LogP contribution in [-0.4, -0.2) is 5.84 Å². The summed E-state index contributed by atoms with van der Waals surface area (Å²) in [6, 6.07) is 13.1. The molecule has 0 amide bonds. The molecule has 0 fully saturated rings. The van der Waals surface area contributed by atoms with Crippen molar-refractivity contribution in [3.63, 3.8) is 0 Å². The quantitative estimate of drug-likeness (QED) is 0.668. The van der Waals surface area contributed by atoms with Crippen LogP contribution in [0.3, 0.4) is 0 Å². The molecule has 2 aromatic rings. The zero-order valence-electron chi connectivity index (χ0n) is 9.91. The highest BCUT2D eigenvalue weighted by Crippen LogP contribution is 2.30. The van der Waals surface area contributed by atoms with Gasteiger partial charge in [-0.25, -0.2) is 0 Å². The van der Waals surface area contributed by atoms with Crippen LogP contribution in [-0.2, 0) is 0 Å². The van der Waals surface area contributed by atoms with Gasteiger partial charge in [-0.15, -0.1) is 0 Å². The van der Waals surface area contributed by atoms with Gasteiger partial charge in [0.15, 0.2) is 0 Å². The number of hydrogen-bond acceptors (Lipinski definition) is 2. The third kappa shape index (κ3) is 2.90. The number of benzene rings is 2. The number of nitrogens with two attached hydrogens (primary N) is 1. The lowest BCUT2D eigenvalue weighted by Gasteiger charge is -2.09. The maximum Gasteiger partial charge on any atom is 0.141 e. The monoisotopic (exact) mass is 304 g/mol. The van der Waals surface area contributed by atoms with Crippen LogP contribution in [0.1, 0.15) is 11.1 Å². The van der Waals surface area contributed by atoms with Crippen LogP contribution in [0.2, 0.25) is 0 Å². The molecule has 0 saturated heterocycles. The average Bonchev–Trinajstić information content (AvgIpc) is 2.34. The van der Waals surface area contributed by atoms with Crippen molar-refractivity contribution in [3.8, 4) is 11.5 Å². The Morgan fingerprint density at radius 2 is 1.83 bits per heavy atom. The van der Waals surface area contributed by atoms with Gasteiger partial charge in [-0.3, -0.25) is 5.41 Å².